The fourth-order valence-electron chi connectivity index (χ4n) is 1.81. The summed E-state index contributed by atoms with van der Waals surface area (Å²) in [5.41, 5.74) is 3.72. The van der Waals surface area contributed by atoms with Gasteiger partial charge in [0.1, 0.15) is 6.29 Å². The molecule has 2 rings (SSSR count). The second-order valence-corrected chi connectivity index (χ2v) is 3.85. The molecule has 0 atom stereocenters. The Hall–Kier alpha value is -1.37. The molecule has 1 aliphatic carbocycles. The summed E-state index contributed by atoms with van der Waals surface area (Å²) in [6.07, 6.45) is 5.09. The summed E-state index contributed by atoms with van der Waals surface area (Å²) < 4.78 is 0. The third-order valence-electron chi connectivity index (χ3n) is 2.72. The number of aldehydes is 1. The summed E-state index contributed by atoms with van der Waals surface area (Å²) >= 11 is 0. The van der Waals surface area contributed by atoms with Crippen molar-refractivity contribution in [2.45, 2.75) is 19.8 Å². The zero-order valence-corrected chi connectivity index (χ0v) is 8.36. The van der Waals surface area contributed by atoms with Gasteiger partial charge in [0.15, 0.2) is 0 Å². The van der Waals surface area contributed by atoms with Crippen molar-refractivity contribution in [3.8, 4) is 0 Å². The lowest BCUT2D eigenvalue weighted by Gasteiger charge is -2.08. The summed E-state index contributed by atoms with van der Waals surface area (Å²) in [5.74, 6) is 0.626. The number of carbonyl (C=O) groups excluding carboxylic acids is 1. The van der Waals surface area contributed by atoms with Crippen LogP contribution in [0.25, 0.3) is 5.57 Å². The number of benzene rings is 1. The van der Waals surface area contributed by atoms with Crippen molar-refractivity contribution in [2.75, 3.05) is 0 Å². The predicted octanol–water partition coefficient (Wildman–Crippen LogP) is 2.99. The Balaban J connectivity index is 2.40. The van der Waals surface area contributed by atoms with Gasteiger partial charge in [-0.1, -0.05) is 24.3 Å². The summed E-state index contributed by atoms with van der Waals surface area (Å²) in [6, 6.07) is 8.26. The summed E-state index contributed by atoms with van der Waals surface area (Å²) in [6.45, 7) is 2.09. The van der Waals surface area contributed by atoms with Crippen LogP contribution >= 0.6 is 0 Å². The Morgan fingerprint density at radius 1 is 1.36 bits per heavy atom. The molecular formula is C13H14O. The quantitative estimate of drug-likeness (QED) is 0.524. The zero-order valence-electron chi connectivity index (χ0n) is 8.36. The fourth-order valence-corrected chi connectivity index (χ4v) is 1.81. The van der Waals surface area contributed by atoms with Gasteiger partial charge in [-0.3, -0.25) is 4.79 Å². The SMILES string of the molecule is Cc1ccccc1/C(=C\C=O)C1CC1. The average Bonchev–Trinajstić information content (AvgIpc) is 2.99. The van der Waals surface area contributed by atoms with Gasteiger partial charge in [0.25, 0.3) is 0 Å². The molecule has 1 aliphatic rings. The lowest BCUT2D eigenvalue weighted by atomic mass is 9.97. The van der Waals surface area contributed by atoms with E-state index in [1.165, 1.54) is 29.5 Å². The molecule has 0 aliphatic heterocycles. The highest BCUT2D eigenvalue weighted by Gasteiger charge is 2.27. The number of rotatable bonds is 3. The molecule has 1 nitrogen and oxygen atoms in total. The molecule has 1 aromatic rings. The zero-order chi connectivity index (χ0) is 9.97. The van der Waals surface area contributed by atoms with Gasteiger partial charge < -0.3 is 0 Å². The van der Waals surface area contributed by atoms with E-state index in [1.54, 1.807) is 6.08 Å². The van der Waals surface area contributed by atoms with Gasteiger partial charge in [-0.05, 0) is 48.5 Å². The highest BCUT2D eigenvalue weighted by molar-refractivity contribution is 5.84. The van der Waals surface area contributed by atoms with Gasteiger partial charge in [0.2, 0.25) is 0 Å². The van der Waals surface area contributed by atoms with E-state index in [-0.39, 0.29) is 0 Å². The number of aryl methyl sites for hydroxylation is 1. The summed E-state index contributed by atoms with van der Waals surface area (Å²) in [5, 5.41) is 0. The number of hydrogen-bond donors (Lipinski definition) is 0. The number of carbonyl (C=O) groups is 1. The molecule has 0 unspecified atom stereocenters. The van der Waals surface area contributed by atoms with Crippen LogP contribution in [0.2, 0.25) is 0 Å². The van der Waals surface area contributed by atoms with Crippen molar-refractivity contribution in [1.82, 2.24) is 0 Å². The Labute approximate surface area is 84.5 Å². The monoisotopic (exact) mass is 186 g/mol. The highest BCUT2D eigenvalue weighted by Crippen LogP contribution is 2.42. The van der Waals surface area contributed by atoms with E-state index in [2.05, 4.69) is 19.1 Å². The van der Waals surface area contributed by atoms with E-state index in [0.717, 1.165) is 6.29 Å². The lowest BCUT2D eigenvalue weighted by Crippen LogP contribution is -1.91. The van der Waals surface area contributed by atoms with E-state index in [4.69, 9.17) is 0 Å². The predicted molar refractivity (Wildman–Crippen MR) is 57.9 cm³/mol. The minimum Gasteiger partial charge on any atom is -0.299 e. The van der Waals surface area contributed by atoms with Crippen LogP contribution in [0, 0.1) is 12.8 Å². The minimum absolute atomic E-state index is 0.626. The molecule has 0 aromatic heterocycles. The van der Waals surface area contributed by atoms with E-state index < -0.39 is 0 Å². The minimum atomic E-state index is 0.626. The maximum Gasteiger partial charge on any atom is 0.143 e. The molecule has 0 saturated heterocycles. The first-order valence-corrected chi connectivity index (χ1v) is 5.04. The maximum atomic E-state index is 10.6. The normalized spacial score (nSPS) is 16.8. The Morgan fingerprint density at radius 2 is 2.07 bits per heavy atom. The summed E-state index contributed by atoms with van der Waals surface area (Å²) in [7, 11) is 0. The van der Waals surface area contributed by atoms with Gasteiger partial charge in [-0.2, -0.15) is 0 Å². The van der Waals surface area contributed by atoms with Crippen molar-refractivity contribution in [1.29, 1.82) is 0 Å². The molecule has 0 heterocycles. The van der Waals surface area contributed by atoms with Crippen LogP contribution in [0.5, 0.6) is 0 Å². The van der Waals surface area contributed by atoms with E-state index >= 15 is 0 Å². The average molecular weight is 186 g/mol. The third-order valence-corrected chi connectivity index (χ3v) is 2.72. The molecule has 0 spiro atoms. The molecule has 1 heteroatoms. The van der Waals surface area contributed by atoms with E-state index in [9.17, 15) is 4.79 Å². The molecule has 0 bridgehead atoms. The van der Waals surface area contributed by atoms with Gasteiger partial charge in [-0.25, -0.2) is 0 Å². The topological polar surface area (TPSA) is 17.1 Å². The second kappa shape index (κ2) is 3.79. The van der Waals surface area contributed by atoms with Crippen molar-refractivity contribution in [3.63, 3.8) is 0 Å². The largest absolute Gasteiger partial charge is 0.299 e. The Morgan fingerprint density at radius 3 is 2.64 bits per heavy atom. The second-order valence-electron chi connectivity index (χ2n) is 3.85. The first kappa shape index (κ1) is 9.20. The fraction of sp³-hybridized carbons (Fsp3) is 0.308. The third kappa shape index (κ3) is 1.77. The summed E-state index contributed by atoms with van der Waals surface area (Å²) in [4.78, 5) is 10.6. The van der Waals surface area contributed by atoms with Crippen molar-refractivity contribution in [2.24, 2.45) is 5.92 Å². The van der Waals surface area contributed by atoms with E-state index in [1.807, 2.05) is 12.1 Å². The molecular weight excluding hydrogens is 172 g/mol. The van der Waals surface area contributed by atoms with Gasteiger partial charge in [0, 0.05) is 0 Å². The molecule has 0 radical (unpaired) electrons. The first-order chi connectivity index (χ1) is 6.83. The van der Waals surface area contributed by atoms with Gasteiger partial charge in [-0.15, -0.1) is 0 Å². The molecule has 14 heavy (non-hydrogen) atoms. The molecule has 72 valence electrons. The molecule has 1 saturated carbocycles. The van der Waals surface area contributed by atoms with Crippen molar-refractivity contribution >= 4 is 11.9 Å². The Bertz CT molecular complexity index is 373. The van der Waals surface area contributed by atoms with Crippen LogP contribution in [0.15, 0.2) is 30.3 Å². The van der Waals surface area contributed by atoms with Crippen LogP contribution in [0.1, 0.15) is 24.0 Å². The first-order valence-electron chi connectivity index (χ1n) is 5.04. The molecule has 1 fully saturated rings. The highest BCUT2D eigenvalue weighted by atomic mass is 16.1. The van der Waals surface area contributed by atoms with Crippen LogP contribution < -0.4 is 0 Å². The van der Waals surface area contributed by atoms with Crippen LogP contribution in [-0.4, -0.2) is 6.29 Å². The van der Waals surface area contributed by atoms with Gasteiger partial charge in [0.05, 0.1) is 0 Å². The molecule has 0 amide bonds. The lowest BCUT2D eigenvalue weighted by molar-refractivity contribution is -0.104. The standard InChI is InChI=1S/C13H14O/c1-10-4-2-3-5-12(10)13(8-9-14)11-6-7-11/h2-5,8-9,11H,6-7H2,1H3/b13-8-. The maximum absolute atomic E-state index is 10.6. The molecule has 0 N–H and O–H groups in total. The van der Waals surface area contributed by atoms with Crippen LogP contribution in [-0.2, 0) is 4.79 Å². The van der Waals surface area contributed by atoms with Crippen LogP contribution in [0.4, 0.5) is 0 Å². The smallest absolute Gasteiger partial charge is 0.143 e. The number of allylic oxidation sites excluding steroid dienone is 2. The number of hydrogen-bond acceptors (Lipinski definition) is 1. The van der Waals surface area contributed by atoms with E-state index in [0.29, 0.717) is 5.92 Å². The van der Waals surface area contributed by atoms with Crippen LogP contribution in [0.3, 0.4) is 0 Å². The molecule has 1 aromatic carbocycles. The van der Waals surface area contributed by atoms with Gasteiger partial charge >= 0.3 is 0 Å². The Kier molecular flexibility index (Phi) is 2.49. The van der Waals surface area contributed by atoms with Crippen molar-refractivity contribution in [3.05, 3.63) is 41.5 Å². The van der Waals surface area contributed by atoms with Crippen molar-refractivity contribution < 1.29 is 4.79 Å².